The first kappa shape index (κ1) is 26.8. The third-order valence-corrected chi connectivity index (χ3v) is 7.62. The van der Waals surface area contributed by atoms with Crippen molar-refractivity contribution >= 4 is 5.97 Å². The number of hydrogen-bond donors (Lipinski definition) is 2. The zero-order chi connectivity index (χ0) is 25.5. The summed E-state index contributed by atoms with van der Waals surface area (Å²) in [6.07, 6.45) is 7.12. The highest BCUT2D eigenvalue weighted by Crippen LogP contribution is 2.41. The zero-order valence-corrected chi connectivity index (χ0v) is 21.7. The molecule has 0 heterocycles. The normalized spacial score (nSPS) is 14.9. The number of ether oxygens (including phenoxy) is 1. The first-order chi connectivity index (χ1) is 16.7. The Morgan fingerprint density at radius 1 is 1.00 bits per heavy atom. The molecule has 1 saturated carbocycles. The Kier molecular flexibility index (Phi) is 9.03. The largest absolute Gasteiger partial charge is 0.493 e. The van der Waals surface area contributed by atoms with Gasteiger partial charge >= 0.3 is 5.97 Å². The first-order valence-corrected chi connectivity index (χ1v) is 13.1. The van der Waals surface area contributed by atoms with Gasteiger partial charge in [0.2, 0.25) is 0 Å². The molecule has 1 aliphatic carbocycles. The molecule has 0 aliphatic heterocycles. The topological polar surface area (TPSA) is 66.8 Å². The minimum atomic E-state index is -0.820. The minimum absolute atomic E-state index is 0.106. The second kappa shape index (κ2) is 11.8. The SMILES string of the molecule is CCC(CC)(c1ccc(C#CC2(O)CCCC2)c(C)c1)c1ccc(OCCCCC(=O)O)c(C)c1. The lowest BCUT2D eigenvalue weighted by atomic mass is 9.70. The van der Waals surface area contributed by atoms with Crippen molar-refractivity contribution < 1.29 is 19.7 Å². The number of carboxylic acids is 1. The minimum Gasteiger partial charge on any atom is -0.493 e. The fourth-order valence-corrected chi connectivity index (χ4v) is 5.27. The summed E-state index contributed by atoms with van der Waals surface area (Å²) in [7, 11) is 0. The van der Waals surface area contributed by atoms with Crippen molar-refractivity contribution in [3.63, 3.8) is 0 Å². The quantitative estimate of drug-likeness (QED) is 0.296. The van der Waals surface area contributed by atoms with Crippen molar-refractivity contribution in [1.29, 1.82) is 0 Å². The smallest absolute Gasteiger partial charge is 0.303 e. The van der Waals surface area contributed by atoms with E-state index in [1.165, 1.54) is 11.1 Å². The average molecular weight is 477 g/mol. The number of aryl methyl sites for hydroxylation is 2. The number of aliphatic carboxylic acids is 1. The van der Waals surface area contributed by atoms with Crippen LogP contribution in [0.1, 0.15) is 99.5 Å². The molecule has 1 fully saturated rings. The maximum Gasteiger partial charge on any atom is 0.303 e. The highest BCUT2D eigenvalue weighted by Gasteiger charge is 2.32. The number of carbonyl (C=O) groups is 1. The Labute approximate surface area is 210 Å². The summed E-state index contributed by atoms with van der Waals surface area (Å²) in [5.74, 6) is 6.49. The van der Waals surface area contributed by atoms with Gasteiger partial charge in [0.15, 0.2) is 0 Å². The molecule has 0 aromatic heterocycles. The van der Waals surface area contributed by atoms with Crippen LogP contribution in [0.25, 0.3) is 0 Å². The second-order valence-corrected chi connectivity index (χ2v) is 9.99. The van der Waals surface area contributed by atoms with Gasteiger partial charge in [0.05, 0.1) is 6.61 Å². The summed E-state index contributed by atoms with van der Waals surface area (Å²) in [6.45, 7) is 9.18. The van der Waals surface area contributed by atoms with Crippen molar-refractivity contribution in [2.24, 2.45) is 0 Å². The van der Waals surface area contributed by atoms with Crippen LogP contribution in [0.4, 0.5) is 0 Å². The van der Waals surface area contributed by atoms with Crippen molar-refractivity contribution in [2.45, 2.75) is 96.5 Å². The van der Waals surface area contributed by atoms with E-state index in [1.54, 1.807) is 0 Å². The van der Waals surface area contributed by atoms with Crippen molar-refractivity contribution in [2.75, 3.05) is 6.61 Å². The van der Waals surface area contributed by atoms with Gasteiger partial charge < -0.3 is 14.9 Å². The standard InChI is InChI=1S/C31H40O4/c1-5-31(6-2,27-14-15-28(24(4)22-27)35-20-10-7-11-29(32)33)26-13-12-25(23(3)21-26)16-19-30(34)17-8-9-18-30/h12-15,21-22,34H,5-11,17-18,20H2,1-4H3,(H,32,33). The van der Waals surface area contributed by atoms with Gasteiger partial charge in [-0.3, -0.25) is 4.79 Å². The maximum atomic E-state index is 10.7. The Morgan fingerprint density at radius 3 is 2.20 bits per heavy atom. The van der Waals surface area contributed by atoms with Crippen molar-refractivity contribution in [3.05, 3.63) is 64.2 Å². The lowest BCUT2D eigenvalue weighted by molar-refractivity contribution is -0.137. The van der Waals surface area contributed by atoms with Crippen LogP contribution in [-0.4, -0.2) is 28.4 Å². The van der Waals surface area contributed by atoms with Gasteiger partial charge in [-0.25, -0.2) is 0 Å². The lowest BCUT2D eigenvalue weighted by Crippen LogP contribution is -2.26. The second-order valence-electron chi connectivity index (χ2n) is 9.99. The van der Waals surface area contributed by atoms with Crippen molar-refractivity contribution in [1.82, 2.24) is 0 Å². The Hall–Kier alpha value is -2.77. The fourth-order valence-electron chi connectivity index (χ4n) is 5.27. The summed E-state index contributed by atoms with van der Waals surface area (Å²) in [6, 6.07) is 13.0. The summed E-state index contributed by atoms with van der Waals surface area (Å²) in [5.41, 5.74) is 4.85. The fraction of sp³-hybridized carbons (Fsp3) is 0.516. The van der Waals surface area contributed by atoms with E-state index in [-0.39, 0.29) is 11.8 Å². The molecule has 0 unspecified atom stereocenters. The van der Waals surface area contributed by atoms with Gasteiger partial charge in [0.1, 0.15) is 11.4 Å². The number of hydrogen-bond acceptors (Lipinski definition) is 3. The molecular weight excluding hydrogens is 436 g/mol. The monoisotopic (exact) mass is 476 g/mol. The third-order valence-electron chi connectivity index (χ3n) is 7.62. The average Bonchev–Trinajstić information content (AvgIpc) is 3.27. The van der Waals surface area contributed by atoms with Crippen LogP contribution in [0.3, 0.4) is 0 Å². The van der Waals surface area contributed by atoms with Gasteiger partial charge in [-0.2, -0.15) is 0 Å². The summed E-state index contributed by atoms with van der Waals surface area (Å²) >= 11 is 0. The summed E-state index contributed by atoms with van der Waals surface area (Å²) < 4.78 is 5.94. The molecule has 2 aromatic rings. The predicted molar refractivity (Wildman–Crippen MR) is 141 cm³/mol. The van der Waals surface area contributed by atoms with Crippen LogP contribution >= 0.6 is 0 Å². The molecule has 0 atom stereocenters. The highest BCUT2D eigenvalue weighted by molar-refractivity contribution is 5.66. The van der Waals surface area contributed by atoms with Crippen LogP contribution in [0, 0.1) is 25.7 Å². The third kappa shape index (κ3) is 6.47. The van der Waals surface area contributed by atoms with Gasteiger partial charge in [-0.15, -0.1) is 0 Å². The molecule has 0 radical (unpaired) electrons. The van der Waals surface area contributed by atoms with Gasteiger partial charge in [-0.1, -0.05) is 50.0 Å². The predicted octanol–water partition coefficient (Wildman–Crippen LogP) is 6.70. The lowest BCUT2D eigenvalue weighted by Gasteiger charge is -2.34. The van der Waals surface area contributed by atoms with E-state index in [0.29, 0.717) is 13.0 Å². The summed E-state index contributed by atoms with van der Waals surface area (Å²) in [5, 5.41) is 19.4. The van der Waals surface area contributed by atoms with E-state index >= 15 is 0 Å². The number of unbranched alkanes of at least 4 members (excludes halogenated alkanes) is 1. The Bertz CT molecular complexity index is 1080. The van der Waals surface area contributed by atoms with Crippen LogP contribution in [0.5, 0.6) is 5.75 Å². The molecule has 2 aromatic carbocycles. The Morgan fingerprint density at radius 2 is 1.63 bits per heavy atom. The number of rotatable bonds is 10. The van der Waals surface area contributed by atoms with Crippen molar-refractivity contribution in [3.8, 4) is 17.6 Å². The van der Waals surface area contributed by atoms with Gasteiger partial charge in [0.25, 0.3) is 0 Å². The summed E-state index contributed by atoms with van der Waals surface area (Å²) in [4.78, 5) is 10.7. The van der Waals surface area contributed by atoms with Crippen LogP contribution < -0.4 is 4.74 Å². The number of carboxylic acid groups (broad SMARTS) is 1. The van der Waals surface area contributed by atoms with Crippen LogP contribution in [0.15, 0.2) is 36.4 Å². The van der Waals surface area contributed by atoms with E-state index in [4.69, 9.17) is 9.84 Å². The molecule has 4 heteroatoms. The van der Waals surface area contributed by atoms with Gasteiger partial charge in [-0.05, 0) is 99.6 Å². The van der Waals surface area contributed by atoms with E-state index in [9.17, 15) is 9.90 Å². The molecule has 0 bridgehead atoms. The number of benzene rings is 2. The molecule has 188 valence electrons. The van der Waals surface area contributed by atoms with Crippen LogP contribution in [0.2, 0.25) is 0 Å². The molecule has 0 saturated heterocycles. The molecule has 3 rings (SSSR count). The molecule has 1 aliphatic rings. The van der Waals surface area contributed by atoms with E-state index in [0.717, 1.165) is 67.4 Å². The molecule has 4 nitrogen and oxygen atoms in total. The highest BCUT2D eigenvalue weighted by atomic mass is 16.5. The van der Waals surface area contributed by atoms with E-state index < -0.39 is 11.6 Å². The molecule has 35 heavy (non-hydrogen) atoms. The Balaban J connectivity index is 1.81. The van der Waals surface area contributed by atoms with E-state index in [2.05, 4.69) is 75.9 Å². The van der Waals surface area contributed by atoms with Crippen LogP contribution in [-0.2, 0) is 10.2 Å². The molecule has 2 N–H and O–H groups in total. The molecule has 0 spiro atoms. The zero-order valence-electron chi connectivity index (χ0n) is 21.7. The molecule has 0 amide bonds. The first-order valence-electron chi connectivity index (χ1n) is 13.1. The van der Waals surface area contributed by atoms with E-state index in [1.807, 2.05) is 0 Å². The maximum absolute atomic E-state index is 10.7. The number of aliphatic hydroxyl groups is 1. The van der Waals surface area contributed by atoms with Gasteiger partial charge in [0, 0.05) is 17.4 Å². The molecular formula is C31H40O4.